The second-order valence-electron chi connectivity index (χ2n) is 4.18. The van der Waals surface area contributed by atoms with Crippen LogP contribution in [-0.4, -0.2) is 11.6 Å². The zero-order valence-corrected chi connectivity index (χ0v) is 10.8. The van der Waals surface area contributed by atoms with Gasteiger partial charge in [0.15, 0.2) is 0 Å². The number of hydrogen-bond acceptors (Lipinski definition) is 3. The molecule has 0 amide bonds. The quantitative estimate of drug-likeness (QED) is 0.896. The van der Waals surface area contributed by atoms with Gasteiger partial charge in [-0.3, -0.25) is 4.98 Å². The molecule has 18 heavy (non-hydrogen) atoms. The Balaban J connectivity index is 2.36. The highest BCUT2D eigenvalue weighted by atomic mass is 16.5. The molecule has 2 rings (SSSR count). The molecule has 2 N–H and O–H groups in total. The van der Waals surface area contributed by atoms with E-state index in [0.717, 1.165) is 22.6 Å². The molecule has 2 aromatic rings. The van der Waals surface area contributed by atoms with Crippen LogP contribution in [0.5, 0.6) is 5.75 Å². The van der Waals surface area contributed by atoms with Gasteiger partial charge in [0.1, 0.15) is 5.75 Å². The number of hydrogen-bond donors (Lipinski definition) is 1. The summed E-state index contributed by atoms with van der Waals surface area (Å²) in [5.41, 5.74) is 9.33. The van der Waals surface area contributed by atoms with Crippen molar-refractivity contribution in [1.82, 2.24) is 4.98 Å². The van der Waals surface area contributed by atoms with Gasteiger partial charge in [-0.2, -0.15) is 0 Å². The lowest BCUT2D eigenvalue weighted by atomic mass is 9.99. The number of para-hydroxylation sites is 1. The van der Waals surface area contributed by atoms with Crippen LogP contribution < -0.4 is 10.5 Å². The lowest BCUT2D eigenvalue weighted by Crippen LogP contribution is -2.13. The van der Waals surface area contributed by atoms with Crippen LogP contribution in [0.4, 0.5) is 0 Å². The molecule has 1 heterocycles. The average Bonchev–Trinajstić information content (AvgIpc) is 2.39. The average molecular weight is 242 g/mol. The lowest BCUT2D eigenvalue weighted by molar-refractivity contribution is 0.335. The van der Waals surface area contributed by atoms with Crippen molar-refractivity contribution < 1.29 is 4.74 Å². The summed E-state index contributed by atoms with van der Waals surface area (Å²) in [7, 11) is 0. The van der Waals surface area contributed by atoms with E-state index in [9.17, 15) is 0 Å². The number of aryl methyl sites for hydroxylation is 1. The summed E-state index contributed by atoms with van der Waals surface area (Å²) < 4.78 is 5.61. The maximum absolute atomic E-state index is 6.31. The zero-order chi connectivity index (χ0) is 13.0. The Kier molecular flexibility index (Phi) is 3.95. The van der Waals surface area contributed by atoms with E-state index in [4.69, 9.17) is 10.5 Å². The fourth-order valence-corrected chi connectivity index (χ4v) is 1.96. The number of pyridine rings is 1. The third-order valence-corrected chi connectivity index (χ3v) is 2.83. The van der Waals surface area contributed by atoms with Crippen LogP contribution in [0.15, 0.2) is 42.6 Å². The van der Waals surface area contributed by atoms with Gasteiger partial charge < -0.3 is 10.5 Å². The van der Waals surface area contributed by atoms with Crippen LogP contribution in [0, 0.1) is 6.92 Å². The molecule has 0 saturated heterocycles. The third kappa shape index (κ3) is 2.68. The van der Waals surface area contributed by atoms with Gasteiger partial charge >= 0.3 is 0 Å². The van der Waals surface area contributed by atoms with E-state index in [1.165, 1.54) is 0 Å². The predicted molar refractivity (Wildman–Crippen MR) is 72.6 cm³/mol. The van der Waals surface area contributed by atoms with Crippen molar-refractivity contribution >= 4 is 0 Å². The van der Waals surface area contributed by atoms with Crippen LogP contribution >= 0.6 is 0 Å². The first-order valence-corrected chi connectivity index (χ1v) is 6.12. The Bertz CT molecular complexity index is 525. The Hall–Kier alpha value is -1.87. The van der Waals surface area contributed by atoms with Crippen molar-refractivity contribution in [2.45, 2.75) is 19.9 Å². The summed E-state index contributed by atoms with van der Waals surface area (Å²) in [6.07, 6.45) is 1.79. The molecule has 0 fully saturated rings. The summed E-state index contributed by atoms with van der Waals surface area (Å²) in [5, 5.41) is 0. The van der Waals surface area contributed by atoms with Gasteiger partial charge in [-0.25, -0.2) is 0 Å². The highest BCUT2D eigenvalue weighted by Gasteiger charge is 2.13. The summed E-state index contributed by atoms with van der Waals surface area (Å²) in [5.74, 6) is 0.849. The van der Waals surface area contributed by atoms with Crippen LogP contribution in [0.1, 0.15) is 29.8 Å². The van der Waals surface area contributed by atoms with Gasteiger partial charge in [-0.1, -0.05) is 18.2 Å². The van der Waals surface area contributed by atoms with Crippen molar-refractivity contribution in [2.24, 2.45) is 5.73 Å². The van der Waals surface area contributed by atoms with Gasteiger partial charge in [0.05, 0.1) is 12.6 Å². The zero-order valence-electron chi connectivity index (χ0n) is 10.8. The van der Waals surface area contributed by atoms with E-state index in [2.05, 4.69) is 4.98 Å². The molecular weight excluding hydrogens is 224 g/mol. The molecule has 1 unspecified atom stereocenters. The maximum atomic E-state index is 6.31. The molecule has 0 aliphatic heterocycles. The van der Waals surface area contributed by atoms with Gasteiger partial charge in [-0.15, -0.1) is 0 Å². The Morgan fingerprint density at radius 3 is 2.78 bits per heavy atom. The molecule has 1 atom stereocenters. The SMILES string of the molecule is CCOc1ccccc1C(N)c1ccnc(C)c1. The predicted octanol–water partition coefficient (Wildman–Crippen LogP) is 2.84. The molecule has 0 radical (unpaired) electrons. The summed E-state index contributed by atoms with van der Waals surface area (Å²) in [6.45, 7) is 4.57. The molecule has 0 aliphatic rings. The Labute approximate surface area is 108 Å². The highest BCUT2D eigenvalue weighted by molar-refractivity contribution is 5.41. The van der Waals surface area contributed by atoms with E-state index < -0.39 is 0 Å². The molecule has 0 saturated carbocycles. The first-order valence-electron chi connectivity index (χ1n) is 6.12. The van der Waals surface area contributed by atoms with Gasteiger partial charge in [-0.05, 0) is 37.6 Å². The normalized spacial score (nSPS) is 12.2. The van der Waals surface area contributed by atoms with Crippen LogP contribution in [0.2, 0.25) is 0 Å². The topological polar surface area (TPSA) is 48.1 Å². The van der Waals surface area contributed by atoms with Crippen LogP contribution in [-0.2, 0) is 0 Å². The third-order valence-electron chi connectivity index (χ3n) is 2.83. The molecule has 94 valence electrons. The van der Waals surface area contributed by atoms with Gasteiger partial charge in [0.25, 0.3) is 0 Å². The molecule has 3 heteroatoms. The number of nitrogens with two attached hydrogens (primary N) is 1. The van der Waals surface area contributed by atoms with Gasteiger partial charge in [0.2, 0.25) is 0 Å². The first kappa shape index (κ1) is 12.6. The number of nitrogens with zero attached hydrogens (tertiary/aromatic N) is 1. The molecule has 1 aromatic heterocycles. The minimum Gasteiger partial charge on any atom is -0.494 e. The van der Waals surface area contributed by atoms with Crippen molar-refractivity contribution in [3.63, 3.8) is 0 Å². The number of ether oxygens (including phenoxy) is 1. The van der Waals surface area contributed by atoms with Gasteiger partial charge in [0, 0.05) is 17.5 Å². The van der Waals surface area contributed by atoms with Crippen molar-refractivity contribution in [3.8, 4) is 5.75 Å². The molecule has 3 nitrogen and oxygen atoms in total. The lowest BCUT2D eigenvalue weighted by Gasteiger charge is -2.17. The van der Waals surface area contributed by atoms with Crippen LogP contribution in [0.3, 0.4) is 0 Å². The van der Waals surface area contributed by atoms with E-state index in [0.29, 0.717) is 6.61 Å². The van der Waals surface area contributed by atoms with E-state index in [1.54, 1.807) is 6.20 Å². The number of benzene rings is 1. The van der Waals surface area contributed by atoms with E-state index >= 15 is 0 Å². The van der Waals surface area contributed by atoms with Crippen molar-refractivity contribution in [3.05, 3.63) is 59.4 Å². The number of aromatic nitrogens is 1. The fourth-order valence-electron chi connectivity index (χ4n) is 1.96. The van der Waals surface area contributed by atoms with E-state index in [1.807, 2.05) is 50.2 Å². The second kappa shape index (κ2) is 5.65. The monoisotopic (exact) mass is 242 g/mol. The molecule has 0 aliphatic carbocycles. The second-order valence-corrected chi connectivity index (χ2v) is 4.18. The molecule has 0 spiro atoms. The van der Waals surface area contributed by atoms with Crippen molar-refractivity contribution in [1.29, 1.82) is 0 Å². The smallest absolute Gasteiger partial charge is 0.124 e. The summed E-state index contributed by atoms with van der Waals surface area (Å²) in [4.78, 5) is 4.19. The van der Waals surface area contributed by atoms with Crippen LogP contribution in [0.25, 0.3) is 0 Å². The molecule has 1 aromatic carbocycles. The molecule has 0 bridgehead atoms. The molecular formula is C15H18N2O. The van der Waals surface area contributed by atoms with Crippen molar-refractivity contribution in [2.75, 3.05) is 6.61 Å². The maximum Gasteiger partial charge on any atom is 0.124 e. The largest absolute Gasteiger partial charge is 0.494 e. The van der Waals surface area contributed by atoms with E-state index in [-0.39, 0.29) is 6.04 Å². The summed E-state index contributed by atoms with van der Waals surface area (Å²) in [6, 6.07) is 11.7. The highest BCUT2D eigenvalue weighted by Crippen LogP contribution is 2.28. The minimum atomic E-state index is -0.186. The minimum absolute atomic E-state index is 0.186. The standard InChI is InChI=1S/C15H18N2O/c1-3-18-14-7-5-4-6-13(14)15(16)12-8-9-17-11(2)10-12/h4-10,15H,3,16H2,1-2H3. The first-order chi connectivity index (χ1) is 8.72. The fraction of sp³-hybridized carbons (Fsp3) is 0.267. The summed E-state index contributed by atoms with van der Waals surface area (Å²) >= 11 is 0. The Morgan fingerprint density at radius 2 is 2.06 bits per heavy atom. The Morgan fingerprint density at radius 1 is 1.28 bits per heavy atom. The number of rotatable bonds is 4.